The van der Waals surface area contributed by atoms with Crippen LogP contribution in [-0.2, 0) is 14.3 Å². The number of Topliss-reactive ketones (excluding diaryl/α,β-unsaturated/α-hetero) is 1. The first-order chi connectivity index (χ1) is 14.6. The van der Waals surface area contributed by atoms with Crippen LogP contribution in [-0.4, -0.2) is 53.5 Å². The number of aliphatic hydroxyl groups excluding tert-OH is 1. The van der Waals surface area contributed by atoms with Crippen molar-refractivity contribution in [2.45, 2.75) is 25.8 Å². The molecule has 158 valence electrons. The van der Waals surface area contributed by atoms with Crippen molar-refractivity contribution in [2.24, 2.45) is 0 Å². The molecule has 1 aromatic heterocycles. The Balaban J connectivity index is 2.00. The minimum atomic E-state index is -0.696. The van der Waals surface area contributed by atoms with Crippen molar-refractivity contribution in [3.8, 4) is 5.75 Å². The quantitative estimate of drug-likeness (QED) is 0.295. The molecule has 1 aliphatic heterocycles. The molecule has 1 aliphatic rings. The van der Waals surface area contributed by atoms with Gasteiger partial charge in [-0.3, -0.25) is 14.6 Å². The van der Waals surface area contributed by atoms with Gasteiger partial charge in [0.15, 0.2) is 0 Å². The number of rotatable bonds is 9. The van der Waals surface area contributed by atoms with Gasteiger partial charge in [0.2, 0.25) is 0 Å². The Hall–Kier alpha value is -3.19. The van der Waals surface area contributed by atoms with E-state index >= 15 is 0 Å². The zero-order valence-electron chi connectivity index (χ0n) is 17.2. The zero-order chi connectivity index (χ0) is 21.5. The lowest BCUT2D eigenvalue weighted by Gasteiger charge is -2.25. The lowest BCUT2D eigenvalue weighted by molar-refractivity contribution is -0.140. The highest BCUT2D eigenvalue weighted by molar-refractivity contribution is 6.46. The molecule has 1 aromatic carbocycles. The largest absolute Gasteiger partial charge is 0.507 e. The van der Waals surface area contributed by atoms with Crippen molar-refractivity contribution in [1.29, 1.82) is 0 Å². The van der Waals surface area contributed by atoms with E-state index in [2.05, 4.69) is 4.98 Å². The third kappa shape index (κ3) is 4.52. The molecule has 0 aliphatic carbocycles. The third-order valence-corrected chi connectivity index (χ3v) is 4.91. The lowest BCUT2D eigenvalue weighted by Crippen LogP contribution is -2.31. The zero-order valence-corrected chi connectivity index (χ0v) is 17.2. The SMILES string of the molecule is CCCOc1ccc(C(O)=C2C(=O)C(=O)N(CCCOC)[C@H]2c2ccncc2)cc1. The van der Waals surface area contributed by atoms with Crippen molar-refractivity contribution in [2.75, 3.05) is 26.9 Å². The van der Waals surface area contributed by atoms with Crippen molar-refractivity contribution in [1.82, 2.24) is 9.88 Å². The summed E-state index contributed by atoms with van der Waals surface area (Å²) < 4.78 is 10.7. The number of methoxy groups -OCH3 is 1. The van der Waals surface area contributed by atoms with Crippen LogP contribution < -0.4 is 4.74 Å². The number of hydrogen-bond donors (Lipinski definition) is 1. The molecule has 0 radical (unpaired) electrons. The van der Waals surface area contributed by atoms with Gasteiger partial charge in [-0.2, -0.15) is 0 Å². The molecule has 30 heavy (non-hydrogen) atoms. The van der Waals surface area contributed by atoms with Crippen molar-refractivity contribution < 1.29 is 24.2 Å². The second-order valence-corrected chi connectivity index (χ2v) is 6.99. The predicted octanol–water partition coefficient (Wildman–Crippen LogP) is 3.33. The van der Waals surface area contributed by atoms with E-state index in [1.165, 1.54) is 4.90 Å². The van der Waals surface area contributed by atoms with E-state index in [1.54, 1.807) is 55.9 Å². The van der Waals surface area contributed by atoms with Gasteiger partial charge in [0.05, 0.1) is 18.2 Å². The van der Waals surface area contributed by atoms with Gasteiger partial charge in [0, 0.05) is 38.2 Å². The second kappa shape index (κ2) is 10.0. The Labute approximate surface area is 175 Å². The summed E-state index contributed by atoms with van der Waals surface area (Å²) in [7, 11) is 1.59. The van der Waals surface area contributed by atoms with Crippen LogP contribution in [0.25, 0.3) is 5.76 Å². The normalized spacial score (nSPS) is 18.1. The Bertz CT molecular complexity index is 909. The number of hydrogen-bond acceptors (Lipinski definition) is 6. The van der Waals surface area contributed by atoms with E-state index in [0.717, 1.165) is 6.42 Å². The molecular weight excluding hydrogens is 384 g/mol. The average molecular weight is 410 g/mol. The average Bonchev–Trinajstić information content (AvgIpc) is 3.03. The Morgan fingerprint density at radius 1 is 1.10 bits per heavy atom. The molecule has 7 heteroatoms. The van der Waals surface area contributed by atoms with Crippen LogP contribution >= 0.6 is 0 Å². The van der Waals surface area contributed by atoms with Crippen LogP contribution in [0.3, 0.4) is 0 Å². The van der Waals surface area contributed by atoms with Gasteiger partial charge in [0.1, 0.15) is 11.5 Å². The monoisotopic (exact) mass is 410 g/mol. The van der Waals surface area contributed by atoms with Crippen LogP contribution in [0.5, 0.6) is 5.75 Å². The summed E-state index contributed by atoms with van der Waals surface area (Å²) in [5, 5.41) is 11.0. The van der Waals surface area contributed by atoms with Gasteiger partial charge in [-0.25, -0.2) is 0 Å². The summed E-state index contributed by atoms with van der Waals surface area (Å²) in [6.07, 6.45) is 4.67. The number of aliphatic hydroxyl groups is 1. The van der Waals surface area contributed by atoms with Crippen LogP contribution in [0.15, 0.2) is 54.4 Å². The minimum Gasteiger partial charge on any atom is -0.507 e. The van der Waals surface area contributed by atoms with E-state index in [4.69, 9.17) is 9.47 Å². The summed E-state index contributed by atoms with van der Waals surface area (Å²) in [6.45, 7) is 3.42. The number of ketones is 1. The molecule has 0 unspecified atom stereocenters. The van der Waals surface area contributed by atoms with Gasteiger partial charge >= 0.3 is 0 Å². The summed E-state index contributed by atoms with van der Waals surface area (Å²) in [5.41, 5.74) is 1.24. The maximum atomic E-state index is 12.9. The lowest BCUT2D eigenvalue weighted by atomic mass is 9.96. The number of amides is 1. The van der Waals surface area contributed by atoms with Crippen molar-refractivity contribution in [3.05, 3.63) is 65.5 Å². The maximum Gasteiger partial charge on any atom is 0.295 e. The van der Waals surface area contributed by atoms with E-state index in [1.807, 2.05) is 6.92 Å². The van der Waals surface area contributed by atoms with Crippen LogP contribution in [0, 0.1) is 0 Å². The van der Waals surface area contributed by atoms with E-state index < -0.39 is 17.7 Å². The second-order valence-electron chi connectivity index (χ2n) is 6.99. The minimum absolute atomic E-state index is 0.0749. The van der Waals surface area contributed by atoms with Gasteiger partial charge in [-0.15, -0.1) is 0 Å². The molecule has 3 rings (SSSR count). The smallest absolute Gasteiger partial charge is 0.295 e. The first-order valence-corrected chi connectivity index (χ1v) is 9.99. The summed E-state index contributed by atoms with van der Waals surface area (Å²) in [5.74, 6) is -0.846. The van der Waals surface area contributed by atoms with Crippen molar-refractivity contribution in [3.63, 3.8) is 0 Å². The summed E-state index contributed by atoms with van der Waals surface area (Å²) >= 11 is 0. The molecule has 0 bridgehead atoms. The molecular formula is C23H26N2O5. The van der Waals surface area contributed by atoms with Gasteiger partial charge in [-0.1, -0.05) is 6.92 Å². The summed E-state index contributed by atoms with van der Waals surface area (Å²) in [6, 6.07) is 9.65. The van der Waals surface area contributed by atoms with Crippen LogP contribution in [0.1, 0.15) is 36.9 Å². The number of nitrogens with zero attached hydrogens (tertiary/aromatic N) is 2. The molecule has 1 atom stereocenters. The van der Waals surface area contributed by atoms with E-state index in [9.17, 15) is 14.7 Å². The number of aromatic nitrogens is 1. The third-order valence-electron chi connectivity index (χ3n) is 4.91. The van der Waals surface area contributed by atoms with Gasteiger partial charge in [0.25, 0.3) is 11.7 Å². The van der Waals surface area contributed by atoms with Gasteiger partial charge in [-0.05, 0) is 54.8 Å². The number of pyridine rings is 1. The molecule has 0 spiro atoms. The van der Waals surface area contributed by atoms with Gasteiger partial charge < -0.3 is 19.5 Å². The molecule has 2 heterocycles. The molecule has 1 saturated heterocycles. The van der Waals surface area contributed by atoms with E-state index in [0.29, 0.717) is 43.1 Å². The fourth-order valence-electron chi connectivity index (χ4n) is 3.47. The Kier molecular flexibility index (Phi) is 7.19. The first-order valence-electron chi connectivity index (χ1n) is 9.99. The Morgan fingerprint density at radius 2 is 1.80 bits per heavy atom. The fraction of sp³-hybridized carbons (Fsp3) is 0.348. The summed E-state index contributed by atoms with van der Waals surface area (Å²) in [4.78, 5) is 31.1. The molecule has 1 N–H and O–H groups in total. The molecule has 0 saturated carbocycles. The van der Waals surface area contributed by atoms with Crippen molar-refractivity contribution >= 4 is 17.4 Å². The van der Waals surface area contributed by atoms with Crippen LogP contribution in [0.2, 0.25) is 0 Å². The standard InChI is InChI=1S/C23H26N2O5/c1-3-14-30-18-7-5-17(6-8-18)21(26)19-20(16-9-11-24-12-10-16)25(13-4-15-29-2)23(28)22(19)27/h5-12,20,26H,3-4,13-15H2,1-2H3/t20-/m0/s1. The highest BCUT2D eigenvalue weighted by Crippen LogP contribution is 2.39. The highest BCUT2D eigenvalue weighted by atomic mass is 16.5. The number of ether oxygens (including phenoxy) is 2. The molecule has 1 amide bonds. The van der Waals surface area contributed by atoms with E-state index in [-0.39, 0.29) is 11.3 Å². The molecule has 7 nitrogen and oxygen atoms in total. The first kappa shape index (κ1) is 21.5. The topological polar surface area (TPSA) is 89.0 Å². The highest BCUT2D eigenvalue weighted by Gasteiger charge is 2.45. The molecule has 2 aromatic rings. The number of benzene rings is 1. The number of likely N-dealkylation sites (tertiary alicyclic amines) is 1. The number of carbonyl (C=O) groups is 2. The number of carbonyl (C=O) groups excluding carboxylic acids is 2. The fourth-order valence-corrected chi connectivity index (χ4v) is 3.47. The van der Waals surface area contributed by atoms with Crippen LogP contribution in [0.4, 0.5) is 0 Å². The Morgan fingerprint density at radius 3 is 2.43 bits per heavy atom. The molecule has 1 fully saturated rings. The maximum absolute atomic E-state index is 12.9. The predicted molar refractivity (Wildman–Crippen MR) is 112 cm³/mol.